The summed E-state index contributed by atoms with van der Waals surface area (Å²) in [5, 5.41) is 22.4. The summed E-state index contributed by atoms with van der Waals surface area (Å²) in [6.07, 6.45) is 5.16. The average molecular weight is 445 g/mol. The van der Waals surface area contributed by atoms with Crippen LogP contribution in [0.5, 0.6) is 11.5 Å². The molecule has 0 amide bonds. The second kappa shape index (κ2) is 7.15. The zero-order valence-corrected chi connectivity index (χ0v) is 17.4. The van der Waals surface area contributed by atoms with Gasteiger partial charge in [0.2, 0.25) is 12.7 Å². The third kappa shape index (κ3) is 3.22. The van der Waals surface area contributed by atoms with Crippen LogP contribution >= 0.6 is 0 Å². The highest BCUT2D eigenvalue weighted by Gasteiger charge is 2.58. The first-order valence-electron chi connectivity index (χ1n) is 10.7. The number of benzene rings is 1. The van der Waals surface area contributed by atoms with Crippen LogP contribution in [0.1, 0.15) is 17.2 Å². The minimum atomic E-state index is 0.260. The minimum Gasteiger partial charge on any atom is -0.454 e. The van der Waals surface area contributed by atoms with Crippen molar-refractivity contribution < 1.29 is 13.9 Å². The number of nitrogens with zero attached hydrogens (tertiary/aromatic N) is 7. The monoisotopic (exact) mass is 445 g/mol. The summed E-state index contributed by atoms with van der Waals surface area (Å²) in [5.74, 6) is 4.03. The quantitative estimate of drug-likeness (QED) is 0.449. The maximum Gasteiger partial charge on any atom is 0.318 e. The molecule has 0 spiro atoms. The number of hydrogen-bond acceptors (Lipinski definition) is 11. The van der Waals surface area contributed by atoms with Gasteiger partial charge in [0.05, 0.1) is 17.5 Å². The fourth-order valence-corrected chi connectivity index (χ4v) is 4.71. The maximum absolute atomic E-state index is 5.90. The van der Waals surface area contributed by atoms with E-state index in [0.717, 1.165) is 35.8 Å². The van der Waals surface area contributed by atoms with Gasteiger partial charge in [-0.1, -0.05) is 11.2 Å². The van der Waals surface area contributed by atoms with Gasteiger partial charge < -0.3 is 24.1 Å². The molecular weight excluding hydrogens is 426 g/mol. The molecule has 7 rings (SSSR count). The van der Waals surface area contributed by atoms with Gasteiger partial charge in [-0.3, -0.25) is 0 Å². The van der Waals surface area contributed by atoms with Gasteiger partial charge in [0.25, 0.3) is 5.89 Å². The number of rotatable bonds is 6. The van der Waals surface area contributed by atoms with Gasteiger partial charge in [-0.05, 0) is 29.5 Å². The SMILES string of the molecule is c1cc2c(cc1CNc1ncc(-c3nnc(N4C[C@@H]5C(c6cn[nH]n6)[C@@H]5C4)o3)cn1)OCO2. The minimum absolute atomic E-state index is 0.260. The summed E-state index contributed by atoms with van der Waals surface area (Å²) < 4.78 is 16.7. The molecule has 1 saturated carbocycles. The Morgan fingerprint density at radius 3 is 2.70 bits per heavy atom. The normalized spacial score (nSPS) is 22.4. The lowest BCUT2D eigenvalue weighted by Crippen LogP contribution is -2.23. The number of ether oxygens (including phenoxy) is 2. The first kappa shape index (κ1) is 18.4. The molecule has 5 heterocycles. The summed E-state index contributed by atoms with van der Waals surface area (Å²) in [5.41, 5.74) is 2.76. The molecule has 12 heteroatoms. The van der Waals surface area contributed by atoms with E-state index >= 15 is 0 Å². The van der Waals surface area contributed by atoms with E-state index in [9.17, 15) is 0 Å². The molecule has 2 aliphatic heterocycles. The van der Waals surface area contributed by atoms with Crippen molar-refractivity contribution in [2.24, 2.45) is 11.8 Å². The van der Waals surface area contributed by atoms with Crippen LogP contribution in [-0.4, -0.2) is 55.5 Å². The second-order valence-electron chi connectivity index (χ2n) is 8.38. The fraction of sp³-hybridized carbons (Fsp3) is 0.333. The molecule has 1 unspecified atom stereocenters. The van der Waals surface area contributed by atoms with Crippen LogP contribution in [0, 0.1) is 11.8 Å². The number of H-pyrrole nitrogens is 1. The number of aromatic amines is 1. The molecule has 1 aromatic carbocycles. The summed E-state index contributed by atoms with van der Waals surface area (Å²) in [6.45, 7) is 2.58. The van der Waals surface area contributed by atoms with Crippen molar-refractivity contribution in [1.82, 2.24) is 35.6 Å². The number of hydrogen-bond donors (Lipinski definition) is 2. The highest BCUT2D eigenvalue weighted by Crippen LogP contribution is 2.58. The van der Waals surface area contributed by atoms with Crippen molar-refractivity contribution in [2.75, 3.05) is 30.1 Å². The largest absolute Gasteiger partial charge is 0.454 e. The van der Waals surface area contributed by atoms with E-state index in [-0.39, 0.29) is 6.79 Å². The third-order valence-electron chi connectivity index (χ3n) is 6.44. The van der Waals surface area contributed by atoms with E-state index in [0.29, 0.717) is 47.7 Å². The van der Waals surface area contributed by atoms with Crippen LogP contribution in [0.2, 0.25) is 0 Å². The molecule has 2 N–H and O–H groups in total. The van der Waals surface area contributed by atoms with Gasteiger partial charge >= 0.3 is 6.01 Å². The van der Waals surface area contributed by atoms with Crippen LogP contribution in [0.3, 0.4) is 0 Å². The molecule has 0 bridgehead atoms. The summed E-state index contributed by atoms with van der Waals surface area (Å²) in [7, 11) is 0. The van der Waals surface area contributed by atoms with Gasteiger partial charge in [0.15, 0.2) is 11.5 Å². The molecule has 1 aliphatic carbocycles. The van der Waals surface area contributed by atoms with Gasteiger partial charge in [0, 0.05) is 37.9 Å². The van der Waals surface area contributed by atoms with Crippen molar-refractivity contribution in [3.63, 3.8) is 0 Å². The topological polar surface area (TPSA) is 140 Å². The van der Waals surface area contributed by atoms with Crippen molar-refractivity contribution in [1.29, 1.82) is 0 Å². The zero-order chi connectivity index (χ0) is 21.8. The summed E-state index contributed by atoms with van der Waals surface area (Å²) in [6, 6.07) is 6.35. The zero-order valence-electron chi connectivity index (χ0n) is 17.4. The Morgan fingerprint density at radius 2 is 1.88 bits per heavy atom. The van der Waals surface area contributed by atoms with Gasteiger partial charge in [-0.15, -0.1) is 5.10 Å². The van der Waals surface area contributed by atoms with E-state index in [4.69, 9.17) is 13.9 Å². The predicted molar refractivity (Wildman–Crippen MR) is 114 cm³/mol. The summed E-state index contributed by atoms with van der Waals surface area (Å²) in [4.78, 5) is 10.9. The van der Waals surface area contributed by atoms with Crippen molar-refractivity contribution in [3.05, 3.63) is 48.0 Å². The molecule has 12 nitrogen and oxygen atoms in total. The highest BCUT2D eigenvalue weighted by molar-refractivity contribution is 5.52. The fourth-order valence-electron chi connectivity index (χ4n) is 4.71. The first-order chi connectivity index (χ1) is 16.3. The molecule has 4 aromatic rings. The van der Waals surface area contributed by atoms with E-state index in [1.54, 1.807) is 12.4 Å². The number of aromatic nitrogens is 7. The summed E-state index contributed by atoms with van der Waals surface area (Å²) >= 11 is 0. The Kier molecular flexibility index (Phi) is 3.98. The van der Waals surface area contributed by atoms with E-state index in [1.165, 1.54) is 0 Å². The number of anilines is 2. The van der Waals surface area contributed by atoms with Crippen LogP contribution in [0.4, 0.5) is 12.0 Å². The standard InChI is InChI=1S/C21H19N9O3/c1-2-16-17(32-10-31-16)3-11(1)4-22-20-23-5-12(6-24-20)19-27-28-21(33-19)30-8-13-14(9-30)18(13)15-7-25-29-26-15/h1-3,5-7,13-14,18H,4,8-10H2,(H,22,23,24)(H,25,26,29)/t13-,14+,18?. The van der Waals surface area contributed by atoms with E-state index in [1.807, 2.05) is 24.4 Å². The number of piperidine rings is 1. The van der Waals surface area contributed by atoms with E-state index in [2.05, 4.69) is 45.8 Å². The van der Waals surface area contributed by atoms with Crippen molar-refractivity contribution >= 4 is 12.0 Å². The molecule has 166 valence electrons. The Balaban J connectivity index is 0.976. The van der Waals surface area contributed by atoms with Gasteiger partial charge in [-0.2, -0.15) is 15.4 Å². The van der Waals surface area contributed by atoms with Crippen molar-refractivity contribution in [2.45, 2.75) is 12.5 Å². The van der Waals surface area contributed by atoms with E-state index < -0.39 is 0 Å². The molecule has 33 heavy (non-hydrogen) atoms. The highest BCUT2D eigenvalue weighted by atomic mass is 16.7. The Hall–Kier alpha value is -4.22. The molecule has 1 saturated heterocycles. The molecular formula is C21H19N9O3. The third-order valence-corrected chi connectivity index (χ3v) is 6.44. The Morgan fingerprint density at radius 1 is 1.03 bits per heavy atom. The Bertz CT molecular complexity index is 1280. The van der Waals surface area contributed by atoms with Gasteiger partial charge in [-0.25, -0.2) is 9.97 Å². The number of fused-ring (bicyclic) bond motifs is 2. The average Bonchev–Trinajstić information content (AvgIpc) is 3.50. The Labute approximate surface area is 187 Å². The van der Waals surface area contributed by atoms with Crippen LogP contribution in [0.25, 0.3) is 11.5 Å². The lowest BCUT2D eigenvalue weighted by molar-refractivity contribution is 0.174. The lowest BCUT2D eigenvalue weighted by Gasteiger charge is -2.15. The first-order valence-corrected chi connectivity index (χ1v) is 10.7. The molecule has 0 radical (unpaired) electrons. The maximum atomic E-state index is 5.90. The van der Waals surface area contributed by atoms with Crippen LogP contribution in [0.15, 0.2) is 41.2 Å². The van der Waals surface area contributed by atoms with Crippen LogP contribution < -0.4 is 19.7 Å². The molecule has 2 fully saturated rings. The van der Waals surface area contributed by atoms with Crippen LogP contribution in [-0.2, 0) is 6.54 Å². The molecule has 3 atom stereocenters. The lowest BCUT2D eigenvalue weighted by atomic mass is 10.2. The van der Waals surface area contributed by atoms with Crippen molar-refractivity contribution in [3.8, 4) is 23.0 Å². The smallest absolute Gasteiger partial charge is 0.318 e. The molecule has 3 aromatic heterocycles. The molecule has 3 aliphatic rings. The number of nitrogens with one attached hydrogen (secondary N) is 2. The predicted octanol–water partition coefficient (Wildman–Crippen LogP) is 1.84. The second-order valence-corrected chi connectivity index (χ2v) is 8.38. The van der Waals surface area contributed by atoms with Gasteiger partial charge in [0.1, 0.15) is 0 Å².